The summed E-state index contributed by atoms with van der Waals surface area (Å²) in [6.07, 6.45) is 3.93. The fourth-order valence-corrected chi connectivity index (χ4v) is 1.89. The molecule has 10 heavy (non-hydrogen) atoms. The van der Waals surface area contributed by atoms with Gasteiger partial charge in [0.1, 0.15) is 0 Å². The molecule has 0 amide bonds. The molecule has 0 aliphatic heterocycles. The van der Waals surface area contributed by atoms with E-state index in [-0.39, 0.29) is 0 Å². The van der Waals surface area contributed by atoms with Crippen molar-refractivity contribution in [2.75, 3.05) is 6.26 Å². The molecule has 0 bridgehead atoms. The molecule has 0 unspecified atom stereocenters. The molecule has 0 saturated carbocycles. The Morgan fingerprint density at radius 1 is 1.60 bits per heavy atom. The average molecular weight is 265 g/mol. The molecule has 0 N–H and O–H groups in total. The number of hydrogen-bond acceptors (Lipinski definition) is 2. The normalized spacial score (nSPS) is 9.90. The largest absolute Gasteiger partial charge is 0.249 e. The molecule has 0 aromatic carbocycles. The SMILES string of the molecule is CSc1ncc(I)cc1C. The van der Waals surface area contributed by atoms with Crippen LogP contribution in [0.2, 0.25) is 0 Å². The molecular weight excluding hydrogens is 257 g/mol. The standard InChI is InChI=1S/C7H8INS/c1-5-3-6(8)4-9-7(5)10-2/h3-4H,1-2H3. The highest BCUT2D eigenvalue weighted by molar-refractivity contribution is 14.1. The van der Waals surface area contributed by atoms with Gasteiger partial charge in [-0.15, -0.1) is 11.8 Å². The third-order valence-corrected chi connectivity index (χ3v) is 2.59. The fourth-order valence-electron chi connectivity index (χ4n) is 0.742. The van der Waals surface area contributed by atoms with Gasteiger partial charge in [0.05, 0.1) is 5.03 Å². The van der Waals surface area contributed by atoms with E-state index in [4.69, 9.17) is 0 Å². The molecule has 0 aliphatic carbocycles. The van der Waals surface area contributed by atoms with Crippen LogP contribution in [0, 0.1) is 10.5 Å². The van der Waals surface area contributed by atoms with Crippen LogP contribution in [0.25, 0.3) is 0 Å². The van der Waals surface area contributed by atoms with Gasteiger partial charge >= 0.3 is 0 Å². The van der Waals surface area contributed by atoms with Crippen LogP contribution >= 0.6 is 34.4 Å². The predicted octanol–water partition coefficient (Wildman–Crippen LogP) is 2.72. The lowest BCUT2D eigenvalue weighted by Gasteiger charge is -1.99. The van der Waals surface area contributed by atoms with Gasteiger partial charge in [0.2, 0.25) is 0 Å². The fraction of sp³-hybridized carbons (Fsp3) is 0.286. The summed E-state index contributed by atoms with van der Waals surface area (Å²) in [5.41, 5.74) is 1.26. The van der Waals surface area contributed by atoms with E-state index in [1.165, 1.54) is 9.13 Å². The van der Waals surface area contributed by atoms with Crippen LogP contribution in [0.3, 0.4) is 0 Å². The quantitative estimate of drug-likeness (QED) is 0.572. The minimum absolute atomic E-state index is 1.13. The minimum Gasteiger partial charge on any atom is -0.249 e. The van der Waals surface area contributed by atoms with Crippen molar-refractivity contribution < 1.29 is 0 Å². The number of aromatic nitrogens is 1. The summed E-state index contributed by atoms with van der Waals surface area (Å²) in [5, 5.41) is 1.13. The number of nitrogens with zero attached hydrogens (tertiary/aromatic N) is 1. The molecule has 0 aliphatic rings. The van der Waals surface area contributed by atoms with Crippen LogP contribution < -0.4 is 0 Å². The zero-order valence-electron chi connectivity index (χ0n) is 5.89. The van der Waals surface area contributed by atoms with Crippen molar-refractivity contribution >= 4 is 34.4 Å². The predicted molar refractivity (Wildman–Crippen MR) is 53.5 cm³/mol. The Morgan fingerprint density at radius 2 is 2.30 bits per heavy atom. The molecule has 0 fully saturated rings. The third kappa shape index (κ3) is 1.85. The van der Waals surface area contributed by atoms with Crippen LogP contribution in [-0.4, -0.2) is 11.2 Å². The van der Waals surface area contributed by atoms with E-state index in [0.29, 0.717) is 0 Å². The molecule has 54 valence electrons. The van der Waals surface area contributed by atoms with Crippen LogP contribution in [0.5, 0.6) is 0 Å². The summed E-state index contributed by atoms with van der Waals surface area (Å²) in [4.78, 5) is 4.25. The Kier molecular flexibility index (Phi) is 2.97. The number of halogens is 1. The molecule has 1 heterocycles. The van der Waals surface area contributed by atoms with E-state index in [1.807, 2.05) is 12.5 Å². The lowest BCUT2D eigenvalue weighted by Crippen LogP contribution is -1.84. The van der Waals surface area contributed by atoms with Crippen LogP contribution in [0.1, 0.15) is 5.56 Å². The number of thioether (sulfide) groups is 1. The molecule has 0 spiro atoms. The lowest BCUT2D eigenvalue weighted by atomic mass is 10.3. The monoisotopic (exact) mass is 265 g/mol. The molecule has 1 rings (SSSR count). The van der Waals surface area contributed by atoms with E-state index < -0.39 is 0 Å². The van der Waals surface area contributed by atoms with Crippen molar-refractivity contribution in [3.8, 4) is 0 Å². The van der Waals surface area contributed by atoms with Crippen molar-refractivity contribution in [2.45, 2.75) is 11.9 Å². The minimum atomic E-state index is 1.13. The second-order valence-corrected chi connectivity index (χ2v) is 4.02. The maximum Gasteiger partial charge on any atom is 0.0987 e. The van der Waals surface area contributed by atoms with Gasteiger partial charge in [-0.25, -0.2) is 4.98 Å². The summed E-state index contributed by atoms with van der Waals surface area (Å²) in [7, 11) is 0. The Labute approximate surface area is 78.8 Å². The molecule has 1 nitrogen and oxygen atoms in total. The van der Waals surface area contributed by atoms with Gasteiger partial charge in [0, 0.05) is 9.77 Å². The Balaban J connectivity index is 3.07. The topological polar surface area (TPSA) is 12.9 Å². The van der Waals surface area contributed by atoms with Gasteiger partial charge in [-0.05, 0) is 47.4 Å². The van der Waals surface area contributed by atoms with Crippen molar-refractivity contribution in [3.63, 3.8) is 0 Å². The summed E-state index contributed by atoms with van der Waals surface area (Å²) in [6.45, 7) is 2.08. The molecule has 0 radical (unpaired) electrons. The van der Waals surface area contributed by atoms with Crippen molar-refractivity contribution in [2.24, 2.45) is 0 Å². The van der Waals surface area contributed by atoms with Gasteiger partial charge in [-0.3, -0.25) is 0 Å². The second kappa shape index (κ2) is 3.57. The van der Waals surface area contributed by atoms with Gasteiger partial charge in [-0.1, -0.05) is 0 Å². The van der Waals surface area contributed by atoms with Crippen LogP contribution in [0.4, 0.5) is 0 Å². The Bertz CT molecular complexity index is 237. The van der Waals surface area contributed by atoms with Crippen LogP contribution in [0.15, 0.2) is 17.3 Å². The van der Waals surface area contributed by atoms with Crippen molar-refractivity contribution in [3.05, 3.63) is 21.4 Å². The average Bonchev–Trinajstić information content (AvgIpc) is 1.88. The lowest BCUT2D eigenvalue weighted by molar-refractivity contribution is 1.07. The molecular formula is C7H8INS. The highest BCUT2D eigenvalue weighted by Gasteiger charge is 1.96. The summed E-state index contributed by atoms with van der Waals surface area (Å²) < 4.78 is 1.20. The molecule has 1 aromatic heterocycles. The molecule has 3 heteroatoms. The number of pyridine rings is 1. The highest BCUT2D eigenvalue weighted by Crippen LogP contribution is 2.17. The first-order chi connectivity index (χ1) is 4.74. The third-order valence-electron chi connectivity index (χ3n) is 1.19. The number of aryl methyl sites for hydroxylation is 1. The Morgan fingerprint density at radius 3 is 2.80 bits per heavy atom. The first-order valence-corrected chi connectivity index (χ1v) is 5.20. The number of rotatable bonds is 1. The second-order valence-electron chi connectivity index (χ2n) is 1.98. The van der Waals surface area contributed by atoms with E-state index in [1.54, 1.807) is 11.8 Å². The van der Waals surface area contributed by atoms with E-state index in [2.05, 4.69) is 40.6 Å². The van der Waals surface area contributed by atoms with E-state index in [9.17, 15) is 0 Å². The Hall–Kier alpha value is 0.230. The highest BCUT2D eigenvalue weighted by atomic mass is 127. The van der Waals surface area contributed by atoms with Gasteiger partial charge in [-0.2, -0.15) is 0 Å². The van der Waals surface area contributed by atoms with Gasteiger partial charge in [0.15, 0.2) is 0 Å². The maximum atomic E-state index is 4.25. The smallest absolute Gasteiger partial charge is 0.0987 e. The number of hydrogen-bond donors (Lipinski definition) is 0. The van der Waals surface area contributed by atoms with E-state index >= 15 is 0 Å². The summed E-state index contributed by atoms with van der Waals surface area (Å²) in [5.74, 6) is 0. The molecule has 0 saturated heterocycles. The van der Waals surface area contributed by atoms with Crippen molar-refractivity contribution in [1.29, 1.82) is 0 Å². The van der Waals surface area contributed by atoms with Crippen molar-refractivity contribution in [1.82, 2.24) is 4.98 Å². The van der Waals surface area contributed by atoms with Crippen LogP contribution in [-0.2, 0) is 0 Å². The molecule has 0 atom stereocenters. The van der Waals surface area contributed by atoms with Gasteiger partial charge < -0.3 is 0 Å². The zero-order chi connectivity index (χ0) is 7.56. The summed E-state index contributed by atoms with van der Waals surface area (Å²) >= 11 is 3.96. The van der Waals surface area contributed by atoms with Gasteiger partial charge in [0.25, 0.3) is 0 Å². The first kappa shape index (κ1) is 8.33. The first-order valence-electron chi connectivity index (χ1n) is 2.90. The zero-order valence-corrected chi connectivity index (χ0v) is 8.86. The molecule has 1 aromatic rings. The summed E-state index contributed by atoms with van der Waals surface area (Å²) in [6, 6.07) is 2.14. The van der Waals surface area contributed by atoms with E-state index in [0.717, 1.165) is 5.03 Å². The maximum absolute atomic E-state index is 4.25.